The molecule has 0 spiro atoms. The van der Waals surface area contributed by atoms with Gasteiger partial charge in [-0.25, -0.2) is 0 Å². The Kier molecular flexibility index (Phi) is 6.79. The zero-order chi connectivity index (χ0) is 21.5. The molecule has 3 rings (SSSR count). The van der Waals surface area contributed by atoms with Crippen LogP contribution in [-0.4, -0.2) is 47.6 Å². The monoisotopic (exact) mass is 408 g/mol. The topological polar surface area (TPSA) is 97.6 Å². The number of nitrogens with zero attached hydrogens (tertiary/aromatic N) is 3. The molecule has 8 heteroatoms. The Labute approximate surface area is 174 Å². The summed E-state index contributed by atoms with van der Waals surface area (Å²) in [6.07, 6.45) is 3.92. The molecule has 0 aliphatic heterocycles. The summed E-state index contributed by atoms with van der Waals surface area (Å²) in [4.78, 5) is 30.1. The highest BCUT2D eigenvalue weighted by Gasteiger charge is 2.21. The van der Waals surface area contributed by atoms with Crippen LogP contribution in [-0.2, 0) is 4.79 Å². The van der Waals surface area contributed by atoms with Crippen LogP contribution in [0, 0.1) is 0 Å². The molecule has 0 radical (unpaired) electrons. The molecule has 1 aromatic carbocycles. The second kappa shape index (κ2) is 9.69. The van der Waals surface area contributed by atoms with Crippen LogP contribution in [0.15, 0.2) is 59.4 Å². The van der Waals surface area contributed by atoms with Crippen LogP contribution in [0.3, 0.4) is 0 Å². The average molecular weight is 408 g/mol. The highest BCUT2D eigenvalue weighted by atomic mass is 16.5. The number of ether oxygens (including phenoxy) is 1. The van der Waals surface area contributed by atoms with E-state index in [1.165, 1.54) is 4.90 Å². The van der Waals surface area contributed by atoms with Crippen molar-refractivity contribution < 1.29 is 18.8 Å². The van der Waals surface area contributed by atoms with Gasteiger partial charge in [0.25, 0.3) is 11.8 Å². The number of benzene rings is 1. The highest BCUT2D eigenvalue weighted by molar-refractivity contribution is 5.93. The molecule has 3 aromatic rings. The van der Waals surface area contributed by atoms with Crippen molar-refractivity contribution in [2.45, 2.75) is 19.4 Å². The van der Waals surface area contributed by atoms with Crippen LogP contribution in [0.1, 0.15) is 35.4 Å². The lowest BCUT2D eigenvalue weighted by Gasteiger charge is -2.20. The Bertz CT molecular complexity index is 1000. The number of carbonyl (C=O) groups is 2. The van der Waals surface area contributed by atoms with Crippen LogP contribution in [0.5, 0.6) is 5.75 Å². The molecule has 1 atom stereocenters. The number of pyridine rings is 1. The molecule has 2 aromatic heterocycles. The Morgan fingerprint density at radius 1 is 1.20 bits per heavy atom. The van der Waals surface area contributed by atoms with E-state index in [0.29, 0.717) is 17.9 Å². The fraction of sp³-hybridized carbons (Fsp3) is 0.273. The minimum Gasteiger partial charge on any atom is -0.483 e. The lowest BCUT2D eigenvalue weighted by atomic mass is 10.0. The number of rotatable bonds is 8. The molecular formula is C22H24N4O4. The number of hydrogen-bond acceptors (Lipinski definition) is 6. The maximum atomic E-state index is 12.7. The standard InChI is InChI=1S/C22H24N4O4/c1-4-17(16-9-5-6-10-19(16)29-14-21(27)26(2)3)24-22(28)18-12-20(30-25-18)15-8-7-11-23-13-15/h5-13,17H,4,14H2,1-3H3,(H,24,28). The van der Waals surface area contributed by atoms with Gasteiger partial charge in [-0.2, -0.15) is 0 Å². The van der Waals surface area contributed by atoms with E-state index in [0.717, 1.165) is 11.1 Å². The van der Waals surface area contributed by atoms with Gasteiger partial charge < -0.3 is 19.5 Å². The molecule has 0 saturated carbocycles. The van der Waals surface area contributed by atoms with E-state index in [9.17, 15) is 9.59 Å². The fourth-order valence-corrected chi connectivity index (χ4v) is 2.83. The van der Waals surface area contributed by atoms with Crippen molar-refractivity contribution in [3.63, 3.8) is 0 Å². The smallest absolute Gasteiger partial charge is 0.273 e. The highest BCUT2D eigenvalue weighted by Crippen LogP contribution is 2.28. The molecule has 0 aliphatic carbocycles. The number of hydrogen-bond donors (Lipinski definition) is 1. The first-order chi connectivity index (χ1) is 14.5. The van der Waals surface area contributed by atoms with Gasteiger partial charge in [-0.05, 0) is 24.6 Å². The van der Waals surface area contributed by atoms with E-state index in [1.54, 1.807) is 44.7 Å². The summed E-state index contributed by atoms with van der Waals surface area (Å²) in [5, 5.41) is 6.84. The van der Waals surface area contributed by atoms with Gasteiger partial charge in [0.1, 0.15) is 5.75 Å². The van der Waals surface area contributed by atoms with Crippen LogP contribution >= 0.6 is 0 Å². The lowest BCUT2D eigenvalue weighted by molar-refractivity contribution is -0.130. The summed E-state index contributed by atoms with van der Waals surface area (Å²) in [5.74, 6) is 0.510. The molecule has 2 heterocycles. The minimum absolute atomic E-state index is 0.0772. The summed E-state index contributed by atoms with van der Waals surface area (Å²) in [6, 6.07) is 12.2. The number of likely N-dealkylation sites (N-methyl/N-ethyl adjacent to an activating group) is 1. The zero-order valence-electron chi connectivity index (χ0n) is 17.2. The lowest BCUT2D eigenvalue weighted by Crippen LogP contribution is -2.30. The van der Waals surface area contributed by atoms with Crippen molar-refractivity contribution in [1.29, 1.82) is 0 Å². The van der Waals surface area contributed by atoms with Gasteiger partial charge in [-0.15, -0.1) is 0 Å². The molecule has 1 unspecified atom stereocenters. The van der Waals surface area contributed by atoms with Gasteiger partial charge in [0, 0.05) is 43.7 Å². The first-order valence-electron chi connectivity index (χ1n) is 9.59. The predicted octanol–water partition coefficient (Wildman–Crippen LogP) is 3.08. The summed E-state index contributed by atoms with van der Waals surface area (Å²) in [6.45, 7) is 1.88. The van der Waals surface area contributed by atoms with E-state index < -0.39 is 0 Å². The second-order valence-electron chi connectivity index (χ2n) is 6.87. The number of carbonyl (C=O) groups excluding carboxylic acids is 2. The fourth-order valence-electron chi connectivity index (χ4n) is 2.83. The average Bonchev–Trinajstić information content (AvgIpc) is 3.27. The number of amides is 2. The number of para-hydroxylation sites is 1. The molecule has 156 valence electrons. The molecule has 30 heavy (non-hydrogen) atoms. The van der Waals surface area contributed by atoms with Gasteiger partial charge in [-0.3, -0.25) is 14.6 Å². The van der Waals surface area contributed by atoms with Crippen molar-refractivity contribution in [2.75, 3.05) is 20.7 Å². The summed E-state index contributed by atoms with van der Waals surface area (Å²) >= 11 is 0. The molecule has 0 bridgehead atoms. The van der Waals surface area contributed by atoms with Crippen LogP contribution in [0.4, 0.5) is 0 Å². The Balaban J connectivity index is 1.73. The van der Waals surface area contributed by atoms with Crippen molar-refractivity contribution in [3.05, 3.63) is 66.1 Å². The van der Waals surface area contributed by atoms with E-state index in [1.807, 2.05) is 31.2 Å². The van der Waals surface area contributed by atoms with E-state index in [-0.39, 0.29) is 30.2 Å². The third-order valence-electron chi connectivity index (χ3n) is 4.55. The third kappa shape index (κ3) is 5.02. The number of nitrogens with one attached hydrogen (secondary N) is 1. The van der Waals surface area contributed by atoms with Crippen molar-refractivity contribution in [3.8, 4) is 17.1 Å². The molecular weight excluding hydrogens is 384 g/mol. The summed E-state index contributed by atoms with van der Waals surface area (Å²) < 4.78 is 11.0. The maximum absolute atomic E-state index is 12.7. The summed E-state index contributed by atoms with van der Waals surface area (Å²) in [7, 11) is 3.34. The van der Waals surface area contributed by atoms with Gasteiger partial charge in [0.15, 0.2) is 18.1 Å². The first kappa shape index (κ1) is 21.0. The van der Waals surface area contributed by atoms with E-state index in [2.05, 4.69) is 15.5 Å². The van der Waals surface area contributed by atoms with Crippen molar-refractivity contribution in [2.24, 2.45) is 0 Å². The quantitative estimate of drug-likeness (QED) is 0.615. The van der Waals surface area contributed by atoms with E-state index >= 15 is 0 Å². The predicted molar refractivity (Wildman–Crippen MR) is 111 cm³/mol. The van der Waals surface area contributed by atoms with Gasteiger partial charge in [0.05, 0.1) is 6.04 Å². The molecule has 0 fully saturated rings. The van der Waals surface area contributed by atoms with Crippen molar-refractivity contribution in [1.82, 2.24) is 20.4 Å². The Morgan fingerprint density at radius 2 is 2.00 bits per heavy atom. The molecule has 8 nitrogen and oxygen atoms in total. The zero-order valence-corrected chi connectivity index (χ0v) is 17.2. The molecule has 0 saturated heterocycles. The van der Waals surface area contributed by atoms with Gasteiger partial charge in [-0.1, -0.05) is 30.3 Å². The molecule has 0 aliphatic rings. The van der Waals surface area contributed by atoms with Crippen LogP contribution in [0.2, 0.25) is 0 Å². The SMILES string of the molecule is CCC(NC(=O)c1cc(-c2cccnc2)on1)c1ccccc1OCC(=O)N(C)C. The van der Waals surface area contributed by atoms with Gasteiger partial charge >= 0.3 is 0 Å². The van der Waals surface area contributed by atoms with E-state index in [4.69, 9.17) is 9.26 Å². The number of aromatic nitrogens is 2. The Morgan fingerprint density at radius 3 is 2.70 bits per heavy atom. The van der Waals surface area contributed by atoms with Crippen molar-refractivity contribution >= 4 is 11.8 Å². The first-order valence-corrected chi connectivity index (χ1v) is 9.59. The maximum Gasteiger partial charge on any atom is 0.273 e. The Hall–Kier alpha value is -3.68. The normalized spacial score (nSPS) is 11.6. The van der Waals surface area contributed by atoms with Gasteiger partial charge in [0.2, 0.25) is 0 Å². The second-order valence-corrected chi connectivity index (χ2v) is 6.87. The largest absolute Gasteiger partial charge is 0.483 e. The third-order valence-corrected chi connectivity index (χ3v) is 4.55. The molecule has 1 N–H and O–H groups in total. The molecule has 2 amide bonds. The minimum atomic E-state index is -0.361. The summed E-state index contributed by atoms with van der Waals surface area (Å²) in [5.41, 5.74) is 1.70. The van der Waals surface area contributed by atoms with Crippen LogP contribution in [0.25, 0.3) is 11.3 Å². The van der Waals surface area contributed by atoms with Crippen LogP contribution < -0.4 is 10.1 Å².